The van der Waals surface area contributed by atoms with Crippen LogP contribution in [0.1, 0.15) is 77.1 Å². The Morgan fingerprint density at radius 1 is 0.950 bits per heavy atom. The van der Waals surface area contributed by atoms with Crippen LogP contribution < -0.4 is 4.74 Å². The second kappa shape index (κ2) is 11.2. The molecule has 0 amide bonds. The van der Waals surface area contributed by atoms with Crippen molar-refractivity contribution >= 4 is 28.8 Å². The Bertz CT molecular complexity index is 1480. The number of fused-ring (bicyclic) bond motifs is 1. The van der Waals surface area contributed by atoms with Crippen LogP contribution in [0, 0.1) is 0 Å². The Kier molecular flexibility index (Phi) is 8.24. The Hall–Kier alpha value is -3.49. The highest BCUT2D eigenvalue weighted by atomic mass is 32.2. The molecule has 0 fully saturated rings. The molecule has 3 aromatic carbocycles. The van der Waals surface area contributed by atoms with Gasteiger partial charge in [-0.2, -0.15) is 0 Å². The van der Waals surface area contributed by atoms with E-state index in [1.807, 2.05) is 19.1 Å². The van der Waals surface area contributed by atoms with Gasteiger partial charge in [-0.05, 0) is 65.8 Å². The van der Waals surface area contributed by atoms with Crippen molar-refractivity contribution in [3.63, 3.8) is 0 Å². The first-order valence-electron chi connectivity index (χ1n) is 13.3. The monoisotopic (exact) mass is 562 g/mol. The molecule has 1 aromatic heterocycles. The van der Waals surface area contributed by atoms with Crippen LogP contribution in [-0.4, -0.2) is 37.4 Å². The third kappa shape index (κ3) is 6.80. The van der Waals surface area contributed by atoms with E-state index in [0.717, 1.165) is 32.0 Å². The summed E-state index contributed by atoms with van der Waals surface area (Å²) in [7, 11) is 0. The molecule has 1 heterocycles. The lowest BCUT2D eigenvalue weighted by atomic mass is 9.79. The highest BCUT2D eigenvalue weighted by Gasteiger charge is 2.27. The number of ether oxygens (including phenoxy) is 1. The van der Waals surface area contributed by atoms with Gasteiger partial charge in [-0.3, -0.25) is 0 Å². The minimum atomic E-state index is -1.43. The topological polar surface area (TPSA) is 116 Å². The number of nitrogens with one attached hydrogen (secondary N) is 1. The molecule has 7 nitrogen and oxygen atoms in total. The maximum Gasteiger partial charge on any atom is 0.332 e. The molecule has 2 unspecified atom stereocenters. The van der Waals surface area contributed by atoms with E-state index in [4.69, 9.17) is 14.8 Å². The zero-order valence-electron chi connectivity index (χ0n) is 24.1. The molecule has 0 aliphatic carbocycles. The molecule has 0 saturated heterocycles. The molecule has 0 saturated carbocycles. The van der Waals surface area contributed by atoms with Crippen molar-refractivity contribution in [2.24, 2.45) is 0 Å². The first-order chi connectivity index (χ1) is 18.6. The maximum absolute atomic E-state index is 11.1. The summed E-state index contributed by atoms with van der Waals surface area (Å²) in [4.78, 5) is 21.1. The van der Waals surface area contributed by atoms with E-state index in [9.17, 15) is 15.0 Å². The van der Waals surface area contributed by atoms with Crippen molar-refractivity contribution in [1.82, 2.24) is 9.97 Å². The number of rotatable bonds is 8. The lowest BCUT2D eigenvalue weighted by Gasteiger charge is -2.28. The number of phenols is 1. The average molecular weight is 563 g/mol. The van der Waals surface area contributed by atoms with Gasteiger partial charge in [0.1, 0.15) is 17.3 Å². The summed E-state index contributed by atoms with van der Waals surface area (Å²) in [6.07, 6.45) is -1.74. The number of phenolic OH excluding ortho intramolecular Hbond substituents is 1. The summed E-state index contributed by atoms with van der Waals surface area (Å²) in [5.41, 5.74) is 3.93. The third-order valence-electron chi connectivity index (χ3n) is 6.74. The number of imidazole rings is 1. The first kappa shape index (κ1) is 29.5. The summed E-state index contributed by atoms with van der Waals surface area (Å²) in [5.74, 6) is 0.443. The third-order valence-corrected chi connectivity index (χ3v) is 7.70. The van der Waals surface area contributed by atoms with Gasteiger partial charge in [0.2, 0.25) is 0 Å². The lowest BCUT2D eigenvalue weighted by molar-refractivity contribution is -0.146. The van der Waals surface area contributed by atoms with E-state index in [1.165, 1.54) is 0 Å². The van der Waals surface area contributed by atoms with Gasteiger partial charge < -0.3 is 25.0 Å². The molecule has 2 atom stereocenters. The Morgan fingerprint density at radius 2 is 1.55 bits per heavy atom. The number of hydrogen-bond acceptors (Lipinski definition) is 6. The molecular weight excluding hydrogens is 524 g/mol. The standard InChI is InChI=1S/C32H38N2O5S/c1-18(39-20-10-8-19(9-11-20)14-27(35)30(37)38)29-33-25-13-12-21(17-26(25)34-29)40-22-15-23(31(2,3)4)28(36)24(16-22)32(5,6)7/h8-13,15-18,27,35-36H,14H2,1-7H3,(H,33,34)(H,37,38). The minimum absolute atomic E-state index is 0.0360. The molecule has 0 radical (unpaired) electrons. The van der Waals surface area contributed by atoms with E-state index in [-0.39, 0.29) is 23.4 Å². The van der Waals surface area contributed by atoms with Crippen molar-refractivity contribution in [1.29, 1.82) is 0 Å². The zero-order valence-corrected chi connectivity index (χ0v) is 24.9. The number of nitrogens with zero attached hydrogens (tertiary/aromatic N) is 1. The van der Waals surface area contributed by atoms with Gasteiger partial charge >= 0.3 is 5.97 Å². The highest BCUT2D eigenvalue weighted by molar-refractivity contribution is 7.99. The fourth-order valence-corrected chi connectivity index (χ4v) is 5.42. The number of carboxylic acid groups (broad SMARTS) is 1. The number of aliphatic hydroxyl groups excluding tert-OH is 1. The Labute approximate surface area is 239 Å². The van der Waals surface area contributed by atoms with Crippen LogP contribution in [0.3, 0.4) is 0 Å². The predicted molar refractivity (Wildman–Crippen MR) is 159 cm³/mol. The van der Waals surface area contributed by atoms with Crippen LogP contribution >= 0.6 is 11.8 Å². The first-order valence-corrected chi connectivity index (χ1v) is 14.2. The summed E-state index contributed by atoms with van der Waals surface area (Å²) < 4.78 is 6.06. The quantitative estimate of drug-likeness (QED) is 0.180. The van der Waals surface area contributed by atoms with Gasteiger partial charge in [0.05, 0.1) is 11.0 Å². The van der Waals surface area contributed by atoms with Gasteiger partial charge in [0, 0.05) is 27.3 Å². The maximum atomic E-state index is 11.1. The van der Waals surface area contributed by atoms with Crippen LogP contribution in [-0.2, 0) is 22.0 Å². The fraction of sp³-hybridized carbons (Fsp3) is 0.375. The van der Waals surface area contributed by atoms with Gasteiger partial charge in [-0.25, -0.2) is 9.78 Å². The SMILES string of the molecule is CC(Oc1ccc(CC(O)C(=O)O)cc1)c1nc2ccc(Sc3cc(C(C)(C)C)c(O)c(C(C)(C)C)c3)cc2[nH]1. The second-order valence-corrected chi connectivity index (χ2v) is 13.4. The van der Waals surface area contributed by atoms with Crippen LogP contribution in [0.15, 0.2) is 64.4 Å². The minimum Gasteiger partial charge on any atom is -0.507 e. The molecule has 40 heavy (non-hydrogen) atoms. The summed E-state index contributed by atoms with van der Waals surface area (Å²) in [6, 6.07) is 17.3. The molecular formula is C32H38N2O5S. The van der Waals surface area contributed by atoms with E-state index >= 15 is 0 Å². The molecule has 0 aliphatic rings. The smallest absolute Gasteiger partial charge is 0.332 e. The van der Waals surface area contributed by atoms with E-state index in [0.29, 0.717) is 22.9 Å². The van der Waals surface area contributed by atoms with E-state index in [1.54, 1.807) is 36.0 Å². The number of aliphatic hydroxyl groups is 1. The number of hydrogen-bond donors (Lipinski definition) is 4. The Morgan fingerprint density at radius 3 is 2.10 bits per heavy atom. The zero-order chi connectivity index (χ0) is 29.4. The number of carboxylic acids is 1. The second-order valence-electron chi connectivity index (χ2n) is 12.2. The molecule has 0 bridgehead atoms. The molecule has 4 aromatic rings. The van der Waals surface area contributed by atoms with Gasteiger partial charge in [0.25, 0.3) is 0 Å². The van der Waals surface area contributed by atoms with Crippen molar-refractivity contribution < 1.29 is 24.9 Å². The number of benzene rings is 3. The average Bonchev–Trinajstić information content (AvgIpc) is 3.28. The van der Waals surface area contributed by atoms with Crippen LogP contribution in [0.5, 0.6) is 11.5 Å². The van der Waals surface area contributed by atoms with Crippen LogP contribution in [0.25, 0.3) is 11.0 Å². The number of H-pyrrole nitrogens is 1. The molecule has 4 N–H and O–H groups in total. The van der Waals surface area contributed by atoms with E-state index in [2.05, 4.69) is 64.7 Å². The van der Waals surface area contributed by atoms with Crippen molar-refractivity contribution in [3.8, 4) is 11.5 Å². The number of aromatic hydroxyl groups is 1. The van der Waals surface area contributed by atoms with Crippen molar-refractivity contribution in [2.75, 3.05) is 0 Å². The number of aromatic nitrogens is 2. The normalized spacial score (nSPS) is 13.8. The lowest BCUT2D eigenvalue weighted by Crippen LogP contribution is -2.21. The number of aliphatic carboxylic acids is 1. The molecule has 8 heteroatoms. The van der Waals surface area contributed by atoms with Crippen LogP contribution in [0.2, 0.25) is 0 Å². The predicted octanol–water partition coefficient (Wildman–Crippen LogP) is 7.14. The fourth-order valence-electron chi connectivity index (χ4n) is 4.49. The van der Waals surface area contributed by atoms with E-state index < -0.39 is 12.1 Å². The van der Waals surface area contributed by atoms with Crippen LogP contribution in [0.4, 0.5) is 0 Å². The summed E-state index contributed by atoms with van der Waals surface area (Å²) >= 11 is 1.65. The molecule has 0 spiro atoms. The summed E-state index contributed by atoms with van der Waals surface area (Å²) in [5, 5.41) is 29.5. The number of carbonyl (C=O) groups is 1. The summed E-state index contributed by atoms with van der Waals surface area (Å²) in [6.45, 7) is 14.6. The van der Waals surface area contributed by atoms with Gasteiger partial charge in [0.15, 0.2) is 12.2 Å². The van der Waals surface area contributed by atoms with Crippen molar-refractivity contribution in [3.05, 3.63) is 77.1 Å². The van der Waals surface area contributed by atoms with Gasteiger partial charge in [-0.1, -0.05) is 65.4 Å². The molecule has 212 valence electrons. The molecule has 4 rings (SSSR count). The largest absolute Gasteiger partial charge is 0.507 e. The van der Waals surface area contributed by atoms with Gasteiger partial charge in [-0.15, -0.1) is 0 Å². The molecule has 0 aliphatic heterocycles. The highest BCUT2D eigenvalue weighted by Crippen LogP contribution is 2.43. The number of aromatic amines is 1. The Balaban J connectivity index is 1.53. The van der Waals surface area contributed by atoms with Crippen molar-refractivity contribution in [2.45, 2.75) is 87.7 Å².